The number of ether oxygens (including phenoxy) is 2. The van der Waals surface area contributed by atoms with E-state index < -0.39 is 12.1 Å². The summed E-state index contributed by atoms with van der Waals surface area (Å²) in [6.07, 6.45) is 2.17. The molecule has 2 rings (SSSR count). The van der Waals surface area contributed by atoms with Crippen LogP contribution in [0.2, 0.25) is 0 Å². The monoisotopic (exact) mass is 485 g/mol. The number of aromatic nitrogens is 1. The Morgan fingerprint density at radius 2 is 1.63 bits per heavy atom. The summed E-state index contributed by atoms with van der Waals surface area (Å²) in [5.74, 6) is -0.127. The molecule has 0 atom stereocenters. The number of carboxylic acids is 1. The number of carbonyl (C=O) groups is 2. The normalized spacial score (nSPS) is 10.4. The smallest absolute Gasteiger partial charge is 0.518 e. The first-order valence-corrected chi connectivity index (χ1v) is 8.49. The molecule has 0 aliphatic rings. The number of hydrogen-bond donors (Lipinski definition) is 1. The predicted molar refractivity (Wildman–Crippen MR) is 95.3 cm³/mol. The zero-order valence-corrected chi connectivity index (χ0v) is 18.0. The molecule has 0 unspecified atom stereocenters. The van der Waals surface area contributed by atoms with E-state index in [0.29, 0.717) is 5.75 Å². The first-order chi connectivity index (χ1) is 12.3. The first-order valence-electron chi connectivity index (χ1n) is 8.49. The van der Waals surface area contributed by atoms with Gasteiger partial charge in [0.1, 0.15) is 11.3 Å². The van der Waals surface area contributed by atoms with Gasteiger partial charge in [-0.2, -0.15) is 4.57 Å². The molecule has 146 valence electrons. The van der Waals surface area contributed by atoms with Crippen molar-refractivity contribution in [1.82, 2.24) is 0 Å². The number of carbonyl (C=O) groups excluding carboxylic acids is 1. The van der Waals surface area contributed by atoms with Crippen LogP contribution in [0.3, 0.4) is 0 Å². The van der Waals surface area contributed by atoms with Crippen molar-refractivity contribution >= 4 is 12.1 Å². The van der Waals surface area contributed by atoms with Gasteiger partial charge in [0.25, 0.3) is 6.73 Å². The van der Waals surface area contributed by atoms with Crippen LogP contribution >= 0.6 is 0 Å². The molecule has 0 radical (unpaired) electrons. The highest BCUT2D eigenvalue weighted by Crippen LogP contribution is 2.34. The molecule has 0 aliphatic heterocycles. The number of pyridine rings is 1. The fourth-order valence-corrected chi connectivity index (χ4v) is 2.57. The number of carboxylic acid groups (broad SMARTS) is 1. The molecule has 0 saturated heterocycles. The average molecular weight is 485 g/mol. The van der Waals surface area contributed by atoms with Gasteiger partial charge in [0.2, 0.25) is 0 Å². The lowest BCUT2D eigenvalue weighted by molar-refractivity contribution is -0.727. The number of aromatic carboxylic acids is 1. The van der Waals surface area contributed by atoms with E-state index in [1.54, 1.807) is 12.3 Å². The molecule has 0 bridgehead atoms. The predicted octanol–water partition coefficient (Wildman–Crippen LogP) is 1.10. The fraction of sp³-hybridized carbons (Fsp3) is 0.350. The van der Waals surface area contributed by atoms with Crippen LogP contribution in [0.15, 0.2) is 42.7 Å². The maximum absolute atomic E-state index is 12.2. The van der Waals surface area contributed by atoms with Crippen LogP contribution in [0.4, 0.5) is 4.79 Å². The van der Waals surface area contributed by atoms with E-state index >= 15 is 0 Å². The molecule has 1 heterocycles. The minimum Gasteiger partial charge on any atom is -1.00 e. The topological polar surface area (TPSA) is 76.7 Å². The molecule has 0 spiro atoms. The van der Waals surface area contributed by atoms with E-state index in [9.17, 15) is 9.59 Å². The molecule has 0 aliphatic carbocycles. The van der Waals surface area contributed by atoms with Crippen molar-refractivity contribution in [2.24, 2.45) is 0 Å². The summed E-state index contributed by atoms with van der Waals surface area (Å²) < 4.78 is 12.1. The third-order valence-electron chi connectivity index (χ3n) is 3.94. The van der Waals surface area contributed by atoms with E-state index in [-0.39, 0.29) is 48.1 Å². The number of hydrogen-bond acceptors (Lipinski definition) is 4. The van der Waals surface area contributed by atoms with Gasteiger partial charge in [-0.1, -0.05) is 45.9 Å². The minimum atomic E-state index is -1.05. The molecule has 1 N–H and O–H groups in total. The van der Waals surface area contributed by atoms with Gasteiger partial charge in [0.05, 0.1) is 0 Å². The van der Waals surface area contributed by atoms with Gasteiger partial charge < -0.3 is 38.6 Å². The van der Waals surface area contributed by atoms with E-state index in [2.05, 4.69) is 0 Å². The molecule has 2 aromatic rings. The highest BCUT2D eigenvalue weighted by molar-refractivity contribution is 5.86. The molecule has 0 saturated carbocycles. The van der Waals surface area contributed by atoms with E-state index in [0.717, 1.165) is 11.1 Å². The van der Waals surface area contributed by atoms with Crippen LogP contribution in [0.25, 0.3) is 0 Å². The van der Waals surface area contributed by atoms with Gasteiger partial charge in [0, 0.05) is 6.07 Å². The van der Waals surface area contributed by atoms with Crippen molar-refractivity contribution in [3.8, 4) is 5.75 Å². The average Bonchev–Trinajstić information content (AvgIpc) is 2.60. The fourth-order valence-electron chi connectivity index (χ4n) is 2.57. The van der Waals surface area contributed by atoms with Crippen molar-refractivity contribution in [3.63, 3.8) is 0 Å². The Morgan fingerprint density at radius 1 is 1.04 bits per heavy atom. The zero-order valence-electron chi connectivity index (χ0n) is 15.8. The Bertz CT molecular complexity index is 778. The number of para-hydroxylation sites is 1. The van der Waals surface area contributed by atoms with E-state index in [1.807, 2.05) is 45.9 Å². The van der Waals surface area contributed by atoms with Gasteiger partial charge in [-0.15, -0.1) is 0 Å². The summed E-state index contributed by atoms with van der Waals surface area (Å²) in [5.41, 5.74) is 1.99. The third-order valence-corrected chi connectivity index (χ3v) is 3.94. The molecule has 0 fully saturated rings. The van der Waals surface area contributed by atoms with E-state index in [4.69, 9.17) is 14.6 Å². The Morgan fingerprint density at radius 3 is 2.15 bits per heavy atom. The third kappa shape index (κ3) is 6.20. The molecule has 6 nitrogen and oxygen atoms in total. The Kier molecular flexibility index (Phi) is 8.68. The van der Waals surface area contributed by atoms with Gasteiger partial charge in [-0.05, 0) is 29.0 Å². The first kappa shape index (κ1) is 22.9. The summed E-state index contributed by atoms with van der Waals surface area (Å²) in [5, 5.41) is 9.00. The quantitative estimate of drug-likeness (QED) is 0.287. The Labute approximate surface area is 176 Å². The largest absolute Gasteiger partial charge is 1.00 e. The van der Waals surface area contributed by atoms with Gasteiger partial charge in [-0.3, -0.25) is 0 Å². The van der Waals surface area contributed by atoms with Crippen molar-refractivity contribution in [2.75, 3.05) is 0 Å². The SMILES string of the molecule is CC(C)c1cccc(C(C)C)c1OC(=O)OC[n+]1cccc(C(=O)O)c1.[I-]. The van der Waals surface area contributed by atoms with Crippen LogP contribution in [0.5, 0.6) is 5.75 Å². The number of nitrogens with zero attached hydrogens (tertiary/aromatic N) is 1. The molecular weight excluding hydrogens is 461 g/mol. The van der Waals surface area contributed by atoms with Crippen molar-refractivity contribution in [1.29, 1.82) is 0 Å². The summed E-state index contributed by atoms with van der Waals surface area (Å²) >= 11 is 0. The van der Waals surface area contributed by atoms with E-state index in [1.165, 1.54) is 16.8 Å². The van der Waals surface area contributed by atoms with Crippen LogP contribution in [-0.2, 0) is 11.5 Å². The van der Waals surface area contributed by atoms with Crippen molar-refractivity contribution in [2.45, 2.75) is 46.3 Å². The summed E-state index contributed by atoms with van der Waals surface area (Å²) in [6, 6.07) is 8.86. The highest BCUT2D eigenvalue weighted by Gasteiger charge is 2.19. The maximum atomic E-state index is 12.2. The second kappa shape index (κ2) is 10.2. The molecule has 0 amide bonds. The second-order valence-corrected chi connectivity index (χ2v) is 6.61. The number of rotatable bonds is 6. The second-order valence-electron chi connectivity index (χ2n) is 6.61. The van der Waals surface area contributed by atoms with Gasteiger partial charge in [-0.25, -0.2) is 9.59 Å². The molecule has 27 heavy (non-hydrogen) atoms. The molecule has 1 aromatic heterocycles. The lowest BCUT2D eigenvalue weighted by atomic mass is 9.94. The molecular formula is C20H24INO5. The van der Waals surface area contributed by atoms with Crippen molar-refractivity contribution in [3.05, 3.63) is 59.4 Å². The Balaban J connectivity index is 0.00000364. The van der Waals surface area contributed by atoms with Crippen molar-refractivity contribution < 1.29 is 52.7 Å². The Hall–Kier alpha value is -2.16. The summed E-state index contributed by atoms with van der Waals surface area (Å²) in [4.78, 5) is 23.2. The van der Waals surface area contributed by atoms with Crippen LogP contribution in [-0.4, -0.2) is 17.2 Å². The lowest BCUT2D eigenvalue weighted by Gasteiger charge is -2.18. The molecule has 1 aromatic carbocycles. The zero-order chi connectivity index (χ0) is 19.3. The number of benzene rings is 1. The highest BCUT2D eigenvalue weighted by atomic mass is 127. The summed E-state index contributed by atoms with van der Waals surface area (Å²) in [7, 11) is 0. The molecule has 7 heteroatoms. The maximum Gasteiger partial charge on any atom is 0.518 e. The van der Waals surface area contributed by atoms with Crippen LogP contribution in [0.1, 0.15) is 61.0 Å². The van der Waals surface area contributed by atoms with Gasteiger partial charge >= 0.3 is 12.1 Å². The van der Waals surface area contributed by atoms with Crippen LogP contribution in [0, 0.1) is 0 Å². The standard InChI is InChI=1S/C20H23NO5.HI/c1-13(2)16-8-5-9-17(14(3)4)18(16)26-20(24)25-12-21-10-6-7-15(11-21)19(22)23;/h5-11,13-14H,12H2,1-4H3;1H. The van der Waals surface area contributed by atoms with Gasteiger partial charge in [0.15, 0.2) is 12.4 Å². The lowest BCUT2D eigenvalue weighted by Crippen LogP contribution is -3.00. The summed E-state index contributed by atoms with van der Waals surface area (Å²) in [6.45, 7) is 7.99. The number of halogens is 1. The van der Waals surface area contributed by atoms with Crippen LogP contribution < -0.4 is 33.3 Å². The minimum absolute atomic E-state index is 0.